The van der Waals surface area contributed by atoms with Gasteiger partial charge in [0.05, 0.1) is 6.07 Å². The van der Waals surface area contributed by atoms with Gasteiger partial charge in [0.2, 0.25) is 0 Å². The molecule has 0 rings (SSSR count). The Morgan fingerprint density at radius 1 is 1.90 bits per heavy atom. The molecule has 0 aliphatic carbocycles. The van der Waals surface area contributed by atoms with Crippen LogP contribution < -0.4 is 11.2 Å². The molecule has 0 fully saturated rings. The van der Waals surface area contributed by atoms with Crippen LogP contribution in [0.4, 0.5) is 4.79 Å². The molecule has 0 aliphatic rings. The van der Waals surface area contributed by atoms with E-state index < -0.39 is 6.03 Å². The van der Waals surface area contributed by atoms with Gasteiger partial charge in [-0.05, 0) is 6.42 Å². The SMILES string of the molecule is N#CCC/C=N\NC(N)=O. The predicted octanol–water partition coefficient (Wildman–Crippen LogP) is -0.0557. The molecule has 0 bridgehead atoms. The van der Waals surface area contributed by atoms with Crippen molar-refractivity contribution in [1.29, 1.82) is 5.26 Å². The van der Waals surface area contributed by atoms with Crippen LogP contribution in [0.5, 0.6) is 0 Å². The summed E-state index contributed by atoms with van der Waals surface area (Å²) in [5, 5.41) is 11.5. The first-order chi connectivity index (χ1) is 4.77. The van der Waals surface area contributed by atoms with Gasteiger partial charge in [-0.2, -0.15) is 10.4 Å². The zero-order chi connectivity index (χ0) is 7.82. The lowest BCUT2D eigenvalue weighted by Gasteiger charge is -1.87. The van der Waals surface area contributed by atoms with Gasteiger partial charge < -0.3 is 5.73 Å². The molecule has 0 saturated heterocycles. The fraction of sp³-hybridized carbons (Fsp3) is 0.400. The Bertz CT molecular complexity index is 169. The lowest BCUT2D eigenvalue weighted by molar-refractivity contribution is 0.249. The molecule has 5 heteroatoms. The average Bonchev–Trinajstić information content (AvgIpc) is 1.87. The first-order valence-electron chi connectivity index (χ1n) is 2.71. The number of nitrogens with two attached hydrogens (primary N) is 1. The van der Waals surface area contributed by atoms with E-state index in [0.29, 0.717) is 12.8 Å². The van der Waals surface area contributed by atoms with Crippen LogP contribution in [0.1, 0.15) is 12.8 Å². The first-order valence-corrected chi connectivity index (χ1v) is 2.71. The number of amides is 2. The van der Waals surface area contributed by atoms with E-state index in [1.54, 1.807) is 0 Å². The quantitative estimate of drug-likeness (QED) is 0.326. The number of carbonyl (C=O) groups is 1. The molecule has 0 atom stereocenters. The Morgan fingerprint density at radius 2 is 2.60 bits per heavy atom. The van der Waals surface area contributed by atoms with E-state index in [4.69, 9.17) is 5.26 Å². The van der Waals surface area contributed by atoms with Gasteiger partial charge in [0.1, 0.15) is 0 Å². The molecule has 2 amide bonds. The van der Waals surface area contributed by atoms with E-state index in [2.05, 4.69) is 10.8 Å². The van der Waals surface area contributed by atoms with E-state index in [9.17, 15) is 4.79 Å². The molecule has 0 spiro atoms. The molecule has 3 N–H and O–H groups in total. The summed E-state index contributed by atoms with van der Waals surface area (Å²) in [4.78, 5) is 9.96. The summed E-state index contributed by atoms with van der Waals surface area (Å²) in [5.41, 5.74) is 6.68. The van der Waals surface area contributed by atoms with Gasteiger partial charge in [0.15, 0.2) is 0 Å². The first kappa shape index (κ1) is 8.43. The van der Waals surface area contributed by atoms with Crippen molar-refractivity contribution in [2.45, 2.75) is 12.8 Å². The Labute approximate surface area is 58.5 Å². The minimum atomic E-state index is -0.701. The van der Waals surface area contributed by atoms with Gasteiger partial charge in [-0.3, -0.25) is 0 Å². The summed E-state index contributed by atoms with van der Waals surface area (Å²) in [6, 6.07) is 1.22. The normalized spacial score (nSPS) is 9.10. The van der Waals surface area contributed by atoms with E-state index in [-0.39, 0.29) is 0 Å². The van der Waals surface area contributed by atoms with Crippen molar-refractivity contribution in [2.24, 2.45) is 10.8 Å². The van der Waals surface area contributed by atoms with Crippen molar-refractivity contribution in [1.82, 2.24) is 5.43 Å². The average molecular weight is 140 g/mol. The zero-order valence-corrected chi connectivity index (χ0v) is 5.37. The molecule has 0 aliphatic heterocycles. The van der Waals surface area contributed by atoms with Gasteiger partial charge in [-0.15, -0.1) is 0 Å². The number of nitrogens with zero attached hydrogens (tertiary/aromatic N) is 2. The molecule has 5 nitrogen and oxygen atoms in total. The third-order valence-electron chi connectivity index (χ3n) is 0.651. The minimum absolute atomic E-state index is 0.393. The highest BCUT2D eigenvalue weighted by atomic mass is 16.2. The molecule has 0 radical (unpaired) electrons. The summed E-state index contributed by atoms with van der Waals surface area (Å²) >= 11 is 0. The van der Waals surface area contributed by atoms with Crippen molar-refractivity contribution >= 4 is 12.2 Å². The number of hydrogen-bond acceptors (Lipinski definition) is 3. The van der Waals surface area contributed by atoms with E-state index >= 15 is 0 Å². The summed E-state index contributed by atoms with van der Waals surface area (Å²) in [5.74, 6) is 0. The highest BCUT2D eigenvalue weighted by Crippen LogP contribution is 1.78. The second-order valence-corrected chi connectivity index (χ2v) is 1.48. The number of carbonyl (C=O) groups excluding carboxylic acids is 1. The molecular weight excluding hydrogens is 132 g/mol. The van der Waals surface area contributed by atoms with Crippen LogP contribution in [-0.4, -0.2) is 12.2 Å². The van der Waals surface area contributed by atoms with Crippen LogP contribution in [0.15, 0.2) is 5.10 Å². The number of hydrogen-bond donors (Lipinski definition) is 2. The molecule has 0 aromatic rings. The predicted molar refractivity (Wildman–Crippen MR) is 36.1 cm³/mol. The lowest BCUT2D eigenvalue weighted by atomic mass is 10.4. The van der Waals surface area contributed by atoms with E-state index in [0.717, 1.165) is 0 Å². The van der Waals surface area contributed by atoms with Gasteiger partial charge >= 0.3 is 6.03 Å². The Morgan fingerprint density at radius 3 is 3.10 bits per heavy atom. The topological polar surface area (TPSA) is 91.3 Å². The number of primary amides is 1. The van der Waals surface area contributed by atoms with Crippen LogP contribution in [0.25, 0.3) is 0 Å². The minimum Gasteiger partial charge on any atom is -0.350 e. The van der Waals surface area contributed by atoms with Gasteiger partial charge in [-0.1, -0.05) is 0 Å². The Hall–Kier alpha value is -1.57. The smallest absolute Gasteiger partial charge is 0.332 e. The third-order valence-corrected chi connectivity index (χ3v) is 0.651. The van der Waals surface area contributed by atoms with Crippen LogP contribution in [0.2, 0.25) is 0 Å². The van der Waals surface area contributed by atoms with Gasteiger partial charge in [0, 0.05) is 12.6 Å². The Kier molecular flexibility index (Phi) is 4.69. The monoisotopic (exact) mass is 140 g/mol. The van der Waals surface area contributed by atoms with Crippen molar-refractivity contribution in [3.63, 3.8) is 0 Å². The molecule has 0 unspecified atom stereocenters. The standard InChI is InChI=1S/C5H8N4O/c6-3-1-2-4-8-9-5(7)10/h4H,1-2H2,(H3,7,9,10)/b8-4-. The number of nitriles is 1. The fourth-order valence-electron chi connectivity index (χ4n) is 0.303. The summed E-state index contributed by atoms with van der Waals surface area (Å²) in [6.45, 7) is 0. The van der Waals surface area contributed by atoms with Crippen LogP contribution in [0, 0.1) is 11.3 Å². The molecule has 54 valence electrons. The van der Waals surface area contributed by atoms with Gasteiger partial charge in [-0.25, -0.2) is 10.2 Å². The van der Waals surface area contributed by atoms with Crippen molar-refractivity contribution in [3.05, 3.63) is 0 Å². The van der Waals surface area contributed by atoms with Crippen molar-refractivity contribution < 1.29 is 4.79 Å². The number of urea groups is 1. The summed E-state index contributed by atoms with van der Waals surface area (Å²) in [7, 11) is 0. The number of hydrazone groups is 1. The maximum Gasteiger partial charge on any atom is 0.332 e. The summed E-state index contributed by atoms with van der Waals surface area (Å²) in [6.07, 6.45) is 2.34. The largest absolute Gasteiger partial charge is 0.350 e. The van der Waals surface area contributed by atoms with Crippen LogP contribution in [-0.2, 0) is 0 Å². The van der Waals surface area contributed by atoms with Crippen molar-refractivity contribution in [3.8, 4) is 6.07 Å². The highest BCUT2D eigenvalue weighted by Gasteiger charge is 1.82. The maximum atomic E-state index is 9.96. The molecular formula is C5H8N4O. The molecule has 0 aromatic carbocycles. The second-order valence-electron chi connectivity index (χ2n) is 1.48. The van der Waals surface area contributed by atoms with E-state index in [1.165, 1.54) is 6.21 Å². The lowest BCUT2D eigenvalue weighted by Crippen LogP contribution is -2.24. The van der Waals surface area contributed by atoms with Crippen LogP contribution >= 0.6 is 0 Å². The number of rotatable bonds is 3. The molecule has 0 heterocycles. The molecule has 0 saturated carbocycles. The number of nitrogens with one attached hydrogen (secondary N) is 1. The van der Waals surface area contributed by atoms with Crippen LogP contribution in [0.3, 0.4) is 0 Å². The van der Waals surface area contributed by atoms with Gasteiger partial charge in [0.25, 0.3) is 0 Å². The number of unbranched alkanes of at least 4 members (excludes halogenated alkanes) is 1. The third kappa shape index (κ3) is 6.43. The summed E-state index contributed by atoms with van der Waals surface area (Å²) < 4.78 is 0. The second kappa shape index (κ2) is 5.56. The molecule has 10 heavy (non-hydrogen) atoms. The van der Waals surface area contributed by atoms with Crippen molar-refractivity contribution in [2.75, 3.05) is 0 Å². The maximum absolute atomic E-state index is 9.96. The van der Waals surface area contributed by atoms with E-state index in [1.807, 2.05) is 11.5 Å². The fourth-order valence-corrected chi connectivity index (χ4v) is 0.303. The highest BCUT2D eigenvalue weighted by molar-refractivity contribution is 5.72. The molecule has 0 aromatic heterocycles. The zero-order valence-electron chi connectivity index (χ0n) is 5.37. The Balaban J connectivity index is 3.22.